The van der Waals surface area contributed by atoms with E-state index in [2.05, 4.69) is 69.5 Å². The second kappa shape index (κ2) is 7.06. The number of anilines is 1. The van der Waals surface area contributed by atoms with Crippen LogP contribution >= 0.6 is 0 Å². The number of carbonyl (C=O) groups excluding carboxylic acids is 1. The SMILES string of the molecule is CC1(C)C(=O)N(C2CC(N3CC4CCC(C3)O4)C2)c2cc(B3OC(C)(C)C(C)(C)O3)ccc21. The van der Waals surface area contributed by atoms with Gasteiger partial charge in [0.25, 0.3) is 0 Å². The molecule has 4 fully saturated rings. The number of likely N-dealkylation sites (tertiary alicyclic amines) is 1. The molecular formula is C26H37BN2O4. The zero-order valence-electron chi connectivity index (χ0n) is 20.9. The van der Waals surface area contributed by atoms with E-state index in [0.29, 0.717) is 18.2 Å². The van der Waals surface area contributed by atoms with Crippen LogP contribution in [0, 0.1) is 0 Å². The van der Waals surface area contributed by atoms with Crippen molar-refractivity contribution in [1.29, 1.82) is 0 Å². The second-order valence-corrected chi connectivity index (χ2v) is 12.4. The molecule has 0 N–H and O–H groups in total. The Morgan fingerprint density at radius 1 is 0.909 bits per heavy atom. The van der Waals surface area contributed by atoms with Crippen LogP contribution in [0.2, 0.25) is 0 Å². The standard InChI is InChI=1S/C26H37BN2O4/c1-24(2)21-10-7-16(27-32-25(3,4)26(5,6)33-27)11-22(21)29(23(24)30)18-12-17(13-18)28-14-19-8-9-20(15-28)31-19/h7,10-11,17-20H,8-9,12-15H2,1-6H3. The van der Waals surface area contributed by atoms with Crippen LogP contribution in [0.1, 0.15) is 72.8 Å². The van der Waals surface area contributed by atoms with Gasteiger partial charge in [-0.2, -0.15) is 0 Å². The smallest absolute Gasteiger partial charge is 0.399 e. The maximum atomic E-state index is 13.6. The van der Waals surface area contributed by atoms with Crippen molar-refractivity contribution in [2.45, 2.75) is 108 Å². The quantitative estimate of drug-likeness (QED) is 0.661. The van der Waals surface area contributed by atoms with Gasteiger partial charge in [0.05, 0.1) is 28.8 Å². The normalized spacial score (nSPS) is 36.2. The predicted octanol–water partition coefficient (Wildman–Crippen LogP) is 3.00. The summed E-state index contributed by atoms with van der Waals surface area (Å²) in [7, 11) is -0.418. The molecule has 1 aliphatic carbocycles. The summed E-state index contributed by atoms with van der Waals surface area (Å²) >= 11 is 0. The van der Waals surface area contributed by atoms with E-state index in [9.17, 15) is 4.79 Å². The van der Waals surface area contributed by atoms with Gasteiger partial charge in [0.15, 0.2) is 0 Å². The van der Waals surface area contributed by atoms with E-state index in [1.165, 1.54) is 12.8 Å². The molecule has 1 saturated carbocycles. The maximum absolute atomic E-state index is 13.6. The molecule has 6 rings (SSSR count). The summed E-state index contributed by atoms with van der Waals surface area (Å²) in [5.74, 6) is 0.217. The van der Waals surface area contributed by atoms with E-state index in [-0.39, 0.29) is 23.2 Å². The second-order valence-electron chi connectivity index (χ2n) is 12.4. The lowest BCUT2D eigenvalue weighted by Gasteiger charge is -2.49. The van der Waals surface area contributed by atoms with E-state index in [4.69, 9.17) is 14.0 Å². The van der Waals surface area contributed by atoms with Crippen LogP contribution in [0.15, 0.2) is 18.2 Å². The Hall–Kier alpha value is -1.41. The van der Waals surface area contributed by atoms with Crippen molar-refractivity contribution in [3.8, 4) is 0 Å². The highest BCUT2D eigenvalue weighted by molar-refractivity contribution is 6.62. The molecule has 4 aliphatic heterocycles. The first kappa shape index (κ1) is 22.1. The molecule has 4 heterocycles. The monoisotopic (exact) mass is 452 g/mol. The van der Waals surface area contributed by atoms with Crippen LogP contribution in [-0.4, -0.2) is 66.5 Å². The molecule has 1 amide bonds. The molecule has 6 nitrogen and oxygen atoms in total. The number of morpholine rings is 1. The zero-order chi connectivity index (χ0) is 23.3. The Morgan fingerprint density at radius 3 is 2.12 bits per heavy atom. The summed E-state index contributed by atoms with van der Waals surface area (Å²) in [5.41, 5.74) is 1.87. The number of carbonyl (C=O) groups is 1. The molecule has 0 spiro atoms. The van der Waals surface area contributed by atoms with E-state index >= 15 is 0 Å². The number of fused-ring (bicyclic) bond motifs is 3. The lowest BCUT2D eigenvalue weighted by Crippen LogP contribution is -2.59. The number of amides is 1. The summed E-state index contributed by atoms with van der Waals surface area (Å²) < 4.78 is 18.6. The minimum atomic E-state index is -0.507. The molecular weight excluding hydrogens is 415 g/mol. The van der Waals surface area contributed by atoms with Crippen molar-refractivity contribution >= 4 is 24.2 Å². The molecule has 33 heavy (non-hydrogen) atoms. The Labute approximate surface area is 198 Å². The zero-order valence-corrected chi connectivity index (χ0v) is 20.9. The molecule has 1 aromatic rings. The molecule has 5 aliphatic rings. The van der Waals surface area contributed by atoms with E-state index in [1.807, 2.05) is 0 Å². The number of benzene rings is 1. The summed E-state index contributed by atoms with van der Waals surface area (Å²) in [6, 6.07) is 7.16. The summed E-state index contributed by atoms with van der Waals surface area (Å²) in [4.78, 5) is 18.3. The van der Waals surface area contributed by atoms with E-state index in [0.717, 1.165) is 42.6 Å². The van der Waals surface area contributed by atoms with Crippen molar-refractivity contribution in [1.82, 2.24) is 4.90 Å². The fourth-order valence-electron chi connectivity index (χ4n) is 6.30. The van der Waals surface area contributed by atoms with Crippen LogP contribution in [0.3, 0.4) is 0 Å². The van der Waals surface area contributed by atoms with Crippen LogP contribution in [0.25, 0.3) is 0 Å². The molecule has 7 heteroatoms. The first-order valence-corrected chi connectivity index (χ1v) is 12.7. The van der Waals surface area contributed by atoms with Crippen molar-refractivity contribution in [2.75, 3.05) is 18.0 Å². The Balaban J connectivity index is 1.24. The Kier molecular flexibility index (Phi) is 4.73. The third kappa shape index (κ3) is 3.26. The van der Waals surface area contributed by atoms with Gasteiger partial charge in [0.1, 0.15) is 0 Å². The number of hydrogen-bond acceptors (Lipinski definition) is 5. The molecule has 3 saturated heterocycles. The van der Waals surface area contributed by atoms with E-state index in [1.54, 1.807) is 0 Å². The maximum Gasteiger partial charge on any atom is 0.494 e. The Bertz CT molecular complexity index is 959. The largest absolute Gasteiger partial charge is 0.494 e. The van der Waals surface area contributed by atoms with Gasteiger partial charge in [-0.25, -0.2) is 0 Å². The first-order chi connectivity index (χ1) is 15.5. The first-order valence-electron chi connectivity index (χ1n) is 12.7. The van der Waals surface area contributed by atoms with Gasteiger partial charge >= 0.3 is 7.12 Å². The highest BCUT2D eigenvalue weighted by Gasteiger charge is 2.54. The summed E-state index contributed by atoms with van der Waals surface area (Å²) in [6.45, 7) is 14.5. The number of hydrogen-bond donors (Lipinski definition) is 0. The van der Waals surface area contributed by atoms with Crippen LogP contribution < -0.4 is 10.4 Å². The number of nitrogens with zero attached hydrogens (tertiary/aromatic N) is 2. The summed E-state index contributed by atoms with van der Waals surface area (Å²) in [5, 5.41) is 0. The fraction of sp³-hybridized carbons (Fsp3) is 0.731. The molecule has 178 valence electrons. The predicted molar refractivity (Wildman–Crippen MR) is 129 cm³/mol. The van der Waals surface area contributed by atoms with Gasteiger partial charge in [-0.05, 0) is 84.3 Å². The minimum Gasteiger partial charge on any atom is -0.399 e. The molecule has 0 aromatic heterocycles. The molecule has 2 bridgehead atoms. The van der Waals surface area contributed by atoms with Crippen molar-refractivity contribution in [2.24, 2.45) is 0 Å². The van der Waals surface area contributed by atoms with Crippen LogP contribution in [0.5, 0.6) is 0 Å². The van der Waals surface area contributed by atoms with Gasteiger partial charge in [0, 0.05) is 30.9 Å². The summed E-state index contributed by atoms with van der Waals surface area (Å²) in [6.07, 6.45) is 5.32. The van der Waals surface area contributed by atoms with Crippen LogP contribution in [0.4, 0.5) is 5.69 Å². The van der Waals surface area contributed by atoms with Crippen LogP contribution in [-0.2, 0) is 24.3 Å². The fourth-order valence-corrected chi connectivity index (χ4v) is 6.30. The van der Waals surface area contributed by atoms with Gasteiger partial charge in [0.2, 0.25) is 5.91 Å². The van der Waals surface area contributed by atoms with Gasteiger partial charge in [-0.15, -0.1) is 0 Å². The van der Waals surface area contributed by atoms with Gasteiger partial charge in [-0.3, -0.25) is 9.69 Å². The van der Waals surface area contributed by atoms with Gasteiger partial charge in [-0.1, -0.05) is 12.1 Å². The minimum absolute atomic E-state index is 0.217. The third-order valence-corrected chi connectivity index (χ3v) is 9.28. The average molecular weight is 452 g/mol. The highest BCUT2D eigenvalue weighted by atomic mass is 16.7. The lowest BCUT2D eigenvalue weighted by molar-refractivity contribution is -0.123. The molecule has 1 aromatic carbocycles. The molecule has 2 atom stereocenters. The Morgan fingerprint density at radius 2 is 1.52 bits per heavy atom. The topological polar surface area (TPSA) is 51.2 Å². The lowest BCUT2D eigenvalue weighted by atomic mass is 9.76. The number of ether oxygens (including phenoxy) is 1. The van der Waals surface area contributed by atoms with E-state index < -0.39 is 12.5 Å². The average Bonchev–Trinajstić information content (AvgIpc) is 3.23. The van der Waals surface area contributed by atoms with Crippen molar-refractivity contribution in [3.05, 3.63) is 23.8 Å². The number of rotatable bonds is 3. The molecule has 0 radical (unpaired) electrons. The van der Waals surface area contributed by atoms with Crippen molar-refractivity contribution < 1.29 is 18.8 Å². The third-order valence-electron chi connectivity index (χ3n) is 9.28. The van der Waals surface area contributed by atoms with Crippen molar-refractivity contribution in [3.63, 3.8) is 0 Å². The van der Waals surface area contributed by atoms with Gasteiger partial charge < -0.3 is 18.9 Å². The molecule has 2 unspecified atom stereocenters. The highest BCUT2D eigenvalue weighted by Crippen LogP contribution is 2.47.